The van der Waals surface area contributed by atoms with Crippen molar-refractivity contribution < 1.29 is 27.5 Å². The van der Waals surface area contributed by atoms with Gasteiger partial charge in [-0.15, -0.1) is 0 Å². The molecule has 162 valence electrons. The summed E-state index contributed by atoms with van der Waals surface area (Å²) < 4.78 is 37.5. The lowest BCUT2D eigenvalue weighted by atomic mass is 10.1. The lowest BCUT2D eigenvalue weighted by molar-refractivity contribution is -0.118. The van der Waals surface area contributed by atoms with E-state index in [-0.39, 0.29) is 23.0 Å². The normalized spacial score (nSPS) is 11.2. The van der Waals surface area contributed by atoms with Crippen molar-refractivity contribution in [2.75, 3.05) is 32.1 Å². The van der Waals surface area contributed by atoms with E-state index in [2.05, 4.69) is 5.32 Å². The van der Waals surface area contributed by atoms with Gasteiger partial charge in [0.25, 0.3) is 5.91 Å². The van der Waals surface area contributed by atoms with Gasteiger partial charge in [0.15, 0.2) is 12.4 Å². The smallest absolute Gasteiger partial charge is 0.262 e. The zero-order valence-electron chi connectivity index (χ0n) is 17.5. The average Bonchev–Trinajstić information content (AvgIpc) is 2.73. The quantitative estimate of drug-likeness (QED) is 0.577. The summed E-state index contributed by atoms with van der Waals surface area (Å²) in [7, 11) is -2.26. The van der Waals surface area contributed by atoms with E-state index in [0.29, 0.717) is 30.2 Å². The highest BCUT2D eigenvalue weighted by Gasteiger charge is 2.23. The van der Waals surface area contributed by atoms with Gasteiger partial charge in [-0.3, -0.25) is 9.59 Å². The molecule has 0 saturated heterocycles. The van der Waals surface area contributed by atoms with E-state index in [1.54, 1.807) is 38.1 Å². The summed E-state index contributed by atoms with van der Waals surface area (Å²) in [5.74, 6) is 0.208. The first kappa shape index (κ1) is 23.4. The number of hydrogen-bond acceptors (Lipinski definition) is 6. The van der Waals surface area contributed by atoms with E-state index >= 15 is 0 Å². The number of carbonyl (C=O) groups is 2. The molecule has 2 aromatic rings. The molecule has 0 aliphatic rings. The van der Waals surface area contributed by atoms with Crippen LogP contribution in [0.3, 0.4) is 0 Å². The average molecular weight is 435 g/mol. The number of ether oxygens (including phenoxy) is 2. The van der Waals surface area contributed by atoms with Crippen molar-refractivity contribution in [3.8, 4) is 11.5 Å². The van der Waals surface area contributed by atoms with Crippen LogP contribution in [-0.4, -0.2) is 51.2 Å². The van der Waals surface area contributed by atoms with Crippen molar-refractivity contribution in [1.29, 1.82) is 0 Å². The maximum Gasteiger partial charge on any atom is 0.262 e. The van der Waals surface area contributed by atoms with Gasteiger partial charge in [0.2, 0.25) is 10.0 Å². The Hall–Kier alpha value is -2.91. The highest BCUT2D eigenvalue weighted by Crippen LogP contribution is 2.29. The van der Waals surface area contributed by atoms with Gasteiger partial charge in [0.1, 0.15) is 11.5 Å². The number of benzene rings is 2. The first-order valence-electron chi connectivity index (χ1n) is 9.44. The molecule has 0 unspecified atom stereocenters. The van der Waals surface area contributed by atoms with Crippen LogP contribution in [0.2, 0.25) is 0 Å². The predicted molar refractivity (Wildman–Crippen MR) is 114 cm³/mol. The van der Waals surface area contributed by atoms with E-state index in [1.807, 2.05) is 0 Å². The van der Waals surface area contributed by atoms with E-state index < -0.39 is 15.9 Å². The molecule has 0 aromatic heterocycles. The Balaban J connectivity index is 2.14. The molecule has 2 rings (SSSR count). The molecule has 0 bridgehead atoms. The Bertz CT molecular complexity index is 999. The minimum absolute atomic E-state index is 0.0584. The summed E-state index contributed by atoms with van der Waals surface area (Å²) in [5, 5.41) is 2.62. The molecule has 0 spiro atoms. The molecule has 1 N–H and O–H groups in total. The van der Waals surface area contributed by atoms with Gasteiger partial charge in [0, 0.05) is 18.7 Å². The third-order valence-corrected chi connectivity index (χ3v) is 6.46. The molecular weight excluding hydrogens is 408 g/mol. The second-order valence-electron chi connectivity index (χ2n) is 6.37. The van der Waals surface area contributed by atoms with Gasteiger partial charge >= 0.3 is 0 Å². The summed E-state index contributed by atoms with van der Waals surface area (Å²) >= 11 is 0. The van der Waals surface area contributed by atoms with Gasteiger partial charge in [-0.1, -0.05) is 13.8 Å². The molecule has 1 amide bonds. The second-order valence-corrected chi connectivity index (χ2v) is 8.31. The second kappa shape index (κ2) is 10.2. The van der Waals surface area contributed by atoms with Crippen LogP contribution in [0.4, 0.5) is 5.69 Å². The highest BCUT2D eigenvalue weighted by molar-refractivity contribution is 7.89. The lowest BCUT2D eigenvalue weighted by Crippen LogP contribution is -2.30. The van der Waals surface area contributed by atoms with Crippen LogP contribution in [0.5, 0.6) is 11.5 Å². The van der Waals surface area contributed by atoms with Crippen LogP contribution in [0, 0.1) is 0 Å². The lowest BCUT2D eigenvalue weighted by Gasteiger charge is -2.19. The molecule has 0 aliphatic carbocycles. The summed E-state index contributed by atoms with van der Waals surface area (Å²) in [4.78, 5) is 23.7. The van der Waals surface area contributed by atoms with Crippen LogP contribution >= 0.6 is 0 Å². The number of anilines is 1. The molecular formula is C21H26N2O6S. The monoisotopic (exact) mass is 434 g/mol. The highest BCUT2D eigenvalue weighted by atomic mass is 32.2. The van der Waals surface area contributed by atoms with Gasteiger partial charge in [-0.05, 0) is 49.4 Å². The van der Waals surface area contributed by atoms with Gasteiger partial charge in [-0.25, -0.2) is 8.42 Å². The van der Waals surface area contributed by atoms with Crippen LogP contribution < -0.4 is 14.8 Å². The third-order valence-electron chi connectivity index (χ3n) is 4.42. The van der Waals surface area contributed by atoms with Crippen molar-refractivity contribution in [3.05, 3.63) is 48.0 Å². The Labute approximate surface area is 176 Å². The molecule has 2 aromatic carbocycles. The number of nitrogens with one attached hydrogen (secondary N) is 1. The number of ketones is 1. The first-order chi connectivity index (χ1) is 14.2. The fourth-order valence-electron chi connectivity index (χ4n) is 2.78. The zero-order valence-corrected chi connectivity index (χ0v) is 18.3. The number of Topliss-reactive ketones (excluding diaryl/α,β-unsaturated/α-hetero) is 1. The standard InChI is InChI=1S/C21H26N2O6S/c1-5-23(6-2)30(26,27)18-11-12-20(28-4)19(13-18)22-21(25)14-29-17-9-7-16(8-10-17)15(3)24/h7-13H,5-6,14H2,1-4H3,(H,22,25). The molecule has 0 fully saturated rings. The summed E-state index contributed by atoms with van der Waals surface area (Å²) in [6, 6.07) is 10.7. The SMILES string of the molecule is CCN(CC)S(=O)(=O)c1ccc(OC)c(NC(=O)COc2ccc(C(C)=O)cc2)c1. The Kier molecular flexibility index (Phi) is 7.96. The van der Waals surface area contributed by atoms with E-state index in [1.165, 1.54) is 36.5 Å². The van der Waals surface area contributed by atoms with Crippen molar-refractivity contribution >= 4 is 27.4 Å². The predicted octanol–water partition coefficient (Wildman–Crippen LogP) is 2.95. The topological polar surface area (TPSA) is 102 Å². The molecule has 0 radical (unpaired) electrons. The van der Waals surface area contributed by atoms with Crippen LogP contribution in [-0.2, 0) is 14.8 Å². The number of carbonyl (C=O) groups excluding carboxylic acids is 2. The third kappa shape index (κ3) is 5.58. The Morgan fingerprint density at radius 2 is 1.67 bits per heavy atom. The van der Waals surface area contributed by atoms with Crippen molar-refractivity contribution in [1.82, 2.24) is 4.31 Å². The molecule has 0 atom stereocenters. The van der Waals surface area contributed by atoms with Crippen molar-refractivity contribution in [2.45, 2.75) is 25.7 Å². The summed E-state index contributed by atoms with van der Waals surface area (Å²) in [6.45, 7) is 5.35. The summed E-state index contributed by atoms with van der Waals surface area (Å²) in [5.41, 5.74) is 0.772. The van der Waals surface area contributed by atoms with Gasteiger partial charge < -0.3 is 14.8 Å². The minimum Gasteiger partial charge on any atom is -0.495 e. The number of methoxy groups -OCH3 is 1. The van der Waals surface area contributed by atoms with Gasteiger partial charge in [-0.2, -0.15) is 4.31 Å². The fourth-order valence-corrected chi connectivity index (χ4v) is 4.26. The number of nitrogens with zero attached hydrogens (tertiary/aromatic N) is 1. The van der Waals surface area contributed by atoms with E-state index in [0.717, 1.165) is 0 Å². The number of hydrogen-bond donors (Lipinski definition) is 1. The van der Waals surface area contributed by atoms with Crippen LogP contribution in [0.25, 0.3) is 0 Å². The Morgan fingerprint density at radius 3 is 2.20 bits per heavy atom. The number of rotatable bonds is 10. The number of amides is 1. The molecule has 8 nitrogen and oxygen atoms in total. The molecule has 0 aliphatic heterocycles. The van der Waals surface area contributed by atoms with Crippen molar-refractivity contribution in [2.24, 2.45) is 0 Å². The van der Waals surface area contributed by atoms with E-state index in [4.69, 9.17) is 9.47 Å². The first-order valence-corrected chi connectivity index (χ1v) is 10.9. The molecule has 9 heteroatoms. The molecule has 30 heavy (non-hydrogen) atoms. The maximum atomic E-state index is 12.7. The van der Waals surface area contributed by atoms with Gasteiger partial charge in [0.05, 0.1) is 17.7 Å². The van der Waals surface area contributed by atoms with E-state index in [9.17, 15) is 18.0 Å². The largest absolute Gasteiger partial charge is 0.495 e. The van der Waals surface area contributed by atoms with Crippen molar-refractivity contribution in [3.63, 3.8) is 0 Å². The van der Waals surface area contributed by atoms with Crippen LogP contribution in [0.1, 0.15) is 31.1 Å². The zero-order chi connectivity index (χ0) is 22.3. The summed E-state index contributed by atoms with van der Waals surface area (Å²) in [6.07, 6.45) is 0. The number of sulfonamides is 1. The Morgan fingerprint density at radius 1 is 1.03 bits per heavy atom. The maximum absolute atomic E-state index is 12.7. The molecule has 0 heterocycles. The van der Waals surface area contributed by atoms with Crippen LogP contribution in [0.15, 0.2) is 47.4 Å². The minimum atomic E-state index is -3.68. The fraction of sp³-hybridized carbons (Fsp3) is 0.333. The molecule has 0 saturated carbocycles.